The Morgan fingerprint density at radius 2 is 2.06 bits per heavy atom. The quantitative estimate of drug-likeness (QED) is 0.543. The summed E-state index contributed by atoms with van der Waals surface area (Å²) in [4.78, 5) is 14.6. The van der Waals surface area contributed by atoms with Gasteiger partial charge in [-0.25, -0.2) is 0 Å². The van der Waals surface area contributed by atoms with Crippen molar-refractivity contribution < 1.29 is 0 Å². The van der Waals surface area contributed by atoms with E-state index < -0.39 is 0 Å². The number of pyridine rings is 1. The number of fused-ring (bicyclic) bond motifs is 2. The van der Waals surface area contributed by atoms with Crippen LogP contribution < -0.4 is 4.90 Å². The molecule has 0 amide bonds. The molecule has 31 heavy (non-hydrogen) atoms. The summed E-state index contributed by atoms with van der Waals surface area (Å²) < 4.78 is 0. The lowest BCUT2D eigenvalue weighted by Gasteiger charge is -2.41. The zero-order valence-electron chi connectivity index (χ0n) is 18.8. The molecule has 0 N–H and O–H groups in total. The summed E-state index contributed by atoms with van der Waals surface area (Å²) in [5.74, 6) is 1.08. The predicted octanol–water partition coefficient (Wildman–Crippen LogP) is 6.35. The number of aliphatic imine (C=N–C) groups is 1. The van der Waals surface area contributed by atoms with E-state index in [0.29, 0.717) is 6.04 Å². The molecule has 2 aromatic rings. The highest BCUT2D eigenvalue weighted by atomic mass is 35.5. The zero-order valence-corrected chi connectivity index (χ0v) is 20.3. The first-order valence-electron chi connectivity index (χ1n) is 11.0. The first-order valence-corrected chi connectivity index (χ1v) is 12.3. The lowest BCUT2D eigenvalue weighted by Crippen LogP contribution is -2.42. The van der Waals surface area contributed by atoms with Gasteiger partial charge in [0, 0.05) is 41.3 Å². The number of rotatable bonds is 3. The van der Waals surface area contributed by atoms with Gasteiger partial charge in [0.2, 0.25) is 0 Å². The van der Waals surface area contributed by atoms with Crippen LogP contribution in [-0.2, 0) is 0 Å². The minimum absolute atomic E-state index is 0.0407. The van der Waals surface area contributed by atoms with Gasteiger partial charge in [0.05, 0.1) is 17.3 Å². The van der Waals surface area contributed by atoms with Crippen LogP contribution in [0.4, 0.5) is 5.69 Å². The third kappa shape index (κ3) is 3.28. The average molecular weight is 453 g/mol. The van der Waals surface area contributed by atoms with E-state index >= 15 is 0 Å². The Morgan fingerprint density at radius 3 is 2.77 bits per heavy atom. The number of nitrogens with zero attached hydrogens (tertiary/aromatic N) is 4. The van der Waals surface area contributed by atoms with E-state index in [2.05, 4.69) is 73.8 Å². The van der Waals surface area contributed by atoms with Crippen LogP contribution in [0.1, 0.15) is 63.0 Å². The summed E-state index contributed by atoms with van der Waals surface area (Å²) in [5.41, 5.74) is 5.86. The van der Waals surface area contributed by atoms with Crippen molar-refractivity contribution in [1.29, 1.82) is 0 Å². The SMILES string of the molecule is CC[C@@H]1CSC2=N[C@H](c3ccccn3)[C@@H](c3cc4c(cc3Cl)N(C)C(C)(C)C=C4C)N21. The van der Waals surface area contributed by atoms with Crippen molar-refractivity contribution in [3.63, 3.8) is 0 Å². The highest BCUT2D eigenvalue weighted by Crippen LogP contribution is 2.51. The Balaban J connectivity index is 1.66. The average Bonchev–Trinajstić information content (AvgIpc) is 3.31. The van der Waals surface area contributed by atoms with Crippen molar-refractivity contribution in [3.8, 4) is 0 Å². The molecule has 0 spiro atoms. The lowest BCUT2D eigenvalue weighted by atomic mass is 9.86. The van der Waals surface area contributed by atoms with Crippen molar-refractivity contribution in [2.75, 3.05) is 17.7 Å². The van der Waals surface area contributed by atoms with E-state index in [1.165, 1.54) is 16.8 Å². The molecule has 0 unspecified atom stereocenters. The molecule has 3 aliphatic heterocycles. The fourth-order valence-corrected chi connectivity index (χ4v) is 6.71. The van der Waals surface area contributed by atoms with Gasteiger partial charge in [-0.15, -0.1) is 0 Å². The number of aromatic nitrogens is 1. The van der Waals surface area contributed by atoms with Crippen LogP contribution in [0.15, 0.2) is 47.6 Å². The minimum atomic E-state index is -0.0457. The standard InChI is InChI=1S/C25H29ClN4S/c1-6-16-14-31-24-28-22(20-9-7-8-10-27-20)23(30(16)24)18-11-17-15(2)13-25(3,4)29(5)21(17)12-19(18)26/h7-13,16,22-23H,6,14H2,1-5H3/t16-,22-,23-/m1/s1. The maximum Gasteiger partial charge on any atom is 0.160 e. The molecule has 1 saturated heterocycles. The third-order valence-electron chi connectivity index (χ3n) is 6.98. The van der Waals surface area contributed by atoms with Gasteiger partial charge in [0.25, 0.3) is 0 Å². The number of benzene rings is 1. The molecule has 1 aromatic carbocycles. The van der Waals surface area contributed by atoms with Gasteiger partial charge >= 0.3 is 0 Å². The van der Waals surface area contributed by atoms with Gasteiger partial charge in [0.1, 0.15) is 6.04 Å². The molecule has 162 valence electrons. The van der Waals surface area contributed by atoms with Crippen molar-refractivity contribution in [2.24, 2.45) is 4.99 Å². The maximum atomic E-state index is 7.03. The highest BCUT2D eigenvalue weighted by Gasteiger charge is 2.46. The van der Waals surface area contributed by atoms with E-state index in [1.54, 1.807) is 0 Å². The number of halogens is 1. The van der Waals surface area contributed by atoms with Crippen LogP contribution >= 0.6 is 23.4 Å². The molecule has 0 aliphatic carbocycles. The fraction of sp³-hybridized carbons (Fsp3) is 0.440. The molecular weight excluding hydrogens is 424 g/mol. The van der Waals surface area contributed by atoms with Crippen LogP contribution in [0.25, 0.3) is 5.57 Å². The molecular formula is C25H29ClN4S. The van der Waals surface area contributed by atoms with Crippen LogP contribution in [-0.4, -0.2) is 39.4 Å². The molecule has 1 fully saturated rings. The number of likely N-dealkylation sites (N-methyl/N-ethyl adjacent to an activating group) is 1. The monoisotopic (exact) mass is 452 g/mol. The molecule has 4 heterocycles. The first-order chi connectivity index (χ1) is 14.8. The molecule has 4 nitrogen and oxygen atoms in total. The summed E-state index contributed by atoms with van der Waals surface area (Å²) in [6, 6.07) is 11.0. The van der Waals surface area contributed by atoms with E-state index in [1.807, 2.05) is 30.1 Å². The van der Waals surface area contributed by atoms with Gasteiger partial charge in [-0.3, -0.25) is 9.98 Å². The largest absolute Gasteiger partial charge is 0.365 e. The van der Waals surface area contributed by atoms with Gasteiger partial charge < -0.3 is 9.80 Å². The lowest BCUT2D eigenvalue weighted by molar-refractivity contribution is 0.255. The van der Waals surface area contributed by atoms with Gasteiger partial charge in [-0.05, 0) is 62.6 Å². The number of anilines is 1. The summed E-state index contributed by atoms with van der Waals surface area (Å²) in [5, 5.41) is 1.94. The fourth-order valence-electron chi connectivity index (χ4n) is 5.10. The number of hydrogen-bond acceptors (Lipinski definition) is 5. The maximum absolute atomic E-state index is 7.03. The Morgan fingerprint density at radius 1 is 1.26 bits per heavy atom. The van der Waals surface area contributed by atoms with Gasteiger partial charge in [0.15, 0.2) is 5.17 Å². The second-order valence-corrected chi connectivity index (χ2v) is 10.7. The first kappa shape index (κ1) is 20.9. The Labute approximate surface area is 194 Å². The molecule has 0 saturated carbocycles. The normalized spacial score (nSPS) is 26.5. The van der Waals surface area contributed by atoms with Crippen LogP contribution in [0.3, 0.4) is 0 Å². The minimum Gasteiger partial charge on any atom is -0.365 e. The molecule has 1 aromatic heterocycles. The van der Waals surface area contributed by atoms with Gasteiger partial charge in [-0.2, -0.15) is 0 Å². The Kier molecular flexibility index (Phi) is 5.10. The zero-order chi connectivity index (χ0) is 21.9. The number of allylic oxidation sites excluding steroid dienone is 1. The molecule has 3 atom stereocenters. The molecule has 0 radical (unpaired) electrons. The van der Waals surface area contributed by atoms with Crippen molar-refractivity contribution >= 4 is 39.8 Å². The van der Waals surface area contributed by atoms with Crippen molar-refractivity contribution in [1.82, 2.24) is 9.88 Å². The number of hydrogen-bond donors (Lipinski definition) is 0. The topological polar surface area (TPSA) is 31.7 Å². The van der Waals surface area contributed by atoms with E-state index in [9.17, 15) is 0 Å². The second-order valence-electron chi connectivity index (χ2n) is 9.27. The van der Waals surface area contributed by atoms with Gasteiger partial charge in [-0.1, -0.05) is 42.4 Å². The predicted molar refractivity (Wildman–Crippen MR) is 133 cm³/mol. The van der Waals surface area contributed by atoms with E-state index in [-0.39, 0.29) is 17.6 Å². The summed E-state index contributed by atoms with van der Waals surface area (Å²) in [6.45, 7) is 8.95. The third-order valence-corrected chi connectivity index (χ3v) is 8.44. The summed E-state index contributed by atoms with van der Waals surface area (Å²) in [7, 11) is 2.15. The molecule has 3 aliphatic rings. The van der Waals surface area contributed by atoms with E-state index in [4.69, 9.17) is 16.6 Å². The Hall–Kier alpha value is -1.98. The van der Waals surface area contributed by atoms with Crippen LogP contribution in [0, 0.1) is 0 Å². The number of amidine groups is 1. The smallest absolute Gasteiger partial charge is 0.160 e. The second kappa shape index (κ2) is 7.56. The van der Waals surface area contributed by atoms with Crippen LogP contribution in [0.5, 0.6) is 0 Å². The Bertz CT molecular complexity index is 1080. The highest BCUT2D eigenvalue weighted by molar-refractivity contribution is 8.14. The number of thioether (sulfide) groups is 1. The summed E-state index contributed by atoms with van der Waals surface area (Å²) in [6.07, 6.45) is 5.30. The molecule has 5 rings (SSSR count). The summed E-state index contributed by atoms with van der Waals surface area (Å²) >= 11 is 8.89. The van der Waals surface area contributed by atoms with Crippen molar-refractivity contribution in [3.05, 3.63) is 64.4 Å². The molecule has 6 heteroatoms. The van der Waals surface area contributed by atoms with E-state index in [0.717, 1.165) is 33.6 Å². The van der Waals surface area contributed by atoms with Crippen LogP contribution in [0.2, 0.25) is 5.02 Å². The van der Waals surface area contributed by atoms with Crippen molar-refractivity contribution in [2.45, 2.75) is 57.8 Å². The molecule has 0 bridgehead atoms.